The third-order valence-electron chi connectivity index (χ3n) is 2.70. The predicted molar refractivity (Wildman–Crippen MR) is 73.1 cm³/mol. The highest BCUT2D eigenvalue weighted by Gasteiger charge is 2.12. The van der Waals surface area contributed by atoms with E-state index in [0.717, 1.165) is 0 Å². The maximum Gasteiger partial charge on any atom is 0.337 e. The third kappa shape index (κ3) is 3.25. The van der Waals surface area contributed by atoms with Crippen LogP contribution in [0.25, 0.3) is 0 Å². The molecule has 100 valence electrons. The van der Waals surface area contributed by atoms with Crippen molar-refractivity contribution in [2.75, 3.05) is 11.1 Å². The molecule has 0 aliphatic carbocycles. The van der Waals surface area contributed by atoms with Crippen molar-refractivity contribution in [2.45, 2.75) is 19.5 Å². The molecule has 1 aromatic heterocycles. The van der Waals surface area contributed by atoms with Crippen LogP contribution in [-0.4, -0.2) is 26.9 Å². The van der Waals surface area contributed by atoms with Gasteiger partial charge in [0.25, 0.3) is 0 Å². The molecule has 2 rings (SSSR count). The predicted octanol–water partition coefficient (Wildman–Crippen LogP) is 1.66. The maximum absolute atomic E-state index is 11.2. The number of aromatic carboxylic acids is 1. The monoisotopic (exact) mass is 260 g/mol. The molecule has 0 saturated carbocycles. The van der Waals surface area contributed by atoms with E-state index in [-0.39, 0.29) is 11.6 Å². The molecule has 2 aromatic rings. The van der Waals surface area contributed by atoms with Crippen molar-refractivity contribution in [1.29, 1.82) is 0 Å². The Labute approximate surface area is 110 Å². The lowest BCUT2D eigenvalue weighted by Crippen LogP contribution is -2.23. The number of hydrogen-bond donors (Lipinski definition) is 3. The number of rotatable bonds is 5. The minimum Gasteiger partial charge on any atom is -0.478 e. The molecule has 1 atom stereocenters. The minimum atomic E-state index is -0.999. The molecule has 1 heterocycles. The molecule has 0 aliphatic rings. The summed E-state index contributed by atoms with van der Waals surface area (Å²) in [5.41, 5.74) is 6.76. The highest BCUT2D eigenvalue weighted by Crippen LogP contribution is 2.20. The normalized spacial score (nSPS) is 12.1. The van der Waals surface area contributed by atoms with Gasteiger partial charge in [0.15, 0.2) is 0 Å². The second-order valence-electron chi connectivity index (χ2n) is 4.38. The fraction of sp³-hybridized carbons (Fsp3) is 0.231. The lowest BCUT2D eigenvalue weighted by atomic mass is 10.1. The molecule has 19 heavy (non-hydrogen) atoms. The summed E-state index contributed by atoms with van der Waals surface area (Å²) >= 11 is 0. The van der Waals surface area contributed by atoms with E-state index >= 15 is 0 Å². The van der Waals surface area contributed by atoms with Crippen LogP contribution in [-0.2, 0) is 6.54 Å². The van der Waals surface area contributed by atoms with Crippen molar-refractivity contribution in [3.8, 4) is 0 Å². The molecule has 6 nitrogen and oxygen atoms in total. The van der Waals surface area contributed by atoms with Gasteiger partial charge in [0.05, 0.1) is 12.1 Å². The molecule has 6 heteroatoms. The van der Waals surface area contributed by atoms with Crippen LogP contribution < -0.4 is 11.1 Å². The van der Waals surface area contributed by atoms with Crippen molar-refractivity contribution in [2.24, 2.45) is 0 Å². The average Bonchev–Trinajstić information content (AvgIpc) is 2.83. The van der Waals surface area contributed by atoms with Crippen LogP contribution >= 0.6 is 0 Å². The van der Waals surface area contributed by atoms with E-state index in [1.807, 2.05) is 19.2 Å². The first-order valence-electron chi connectivity index (χ1n) is 5.93. The summed E-state index contributed by atoms with van der Waals surface area (Å²) in [5.74, 6) is -0.999. The summed E-state index contributed by atoms with van der Waals surface area (Å²) in [7, 11) is 0. The number of benzene rings is 1. The lowest BCUT2D eigenvalue weighted by molar-refractivity contribution is 0.0698. The molecular weight excluding hydrogens is 244 g/mol. The molecule has 4 N–H and O–H groups in total. The molecular formula is C13H16N4O2. The van der Waals surface area contributed by atoms with Crippen molar-refractivity contribution < 1.29 is 9.90 Å². The fourth-order valence-electron chi connectivity index (χ4n) is 1.86. The van der Waals surface area contributed by atoms with E-state index in [0.29, 0.717) is 17.9 Å². The Hall–Kier alpha value is -2.50. The van der Waals surface area contributed by atoms with Crippen LogP contribution in [0.2, 0.25) is 0 Å². The molecule has 0 saturated heterocycles. The molecule has 0 amide bonds. The quantitative estimate of drug-likeness (QED) is 0.711. The van der Waals surface area contributed by atoms with Gasteiger partial charge in [-0.05, 0) is 31.2 Å². The molecule has 0 aliphatic heterocycles. The summed E-state index contributed by atoms with van der Waals surface area (Å²) in [6.45, 7) is 2.61. The van der Waals surface area contributed by atoms with Crippen molar-refractivity contribution in [3.63, 3.8) is 0 Å². The number of carbonyl (C=O) groups is 1. The first kappa shape index (κ1) is 12.9. The summed E-state index contributed by atoms with van der Waals surface area (Å²) in [6, 6.07) is 6.69. The summed E-state index contributed by atoms with van der Waals surface area (Å²) < 4.78 is 1.79. The Morgan fingerprint density at radius 2 is 2.37 bits per heavy atom. The highest BCUT2D eigenvalue weighted by atomic mass is 16.4. The zero-order chi connectivity index (χ0) is 13.8. The number of nitrogen functional groups attached to an aromatic ring is 1. The smallest absolute Gasteiger partial charge is 0.337 e. The van der Waals surface area contributed by atoms with Crippen molar-refractivity contribution in [1.82, 2.24) is 9.78 Å². The lowest BCUT2D eigenvalue weighted by Gasteiger charge is -2.17. The van der Waals surface area contributed by atoms with Gasteiger partial charge in [-0.15, -0.1) is 0 Å². The average molecular weight is 260 g/mol. The number of hydrogen-bond acceptors (Lipinski definition) is 4. The van der Waals surface area contributed by atoms with E-state index in [1.54, 1.807) is 23.0 Å². The second-order valence-corrected chi connectivity index (χ2v) is 4.38. The fourth-order valence-corrected chi connectivity index (χ4v) is 1.86. The summed E-state index contributed by atoms with van der Waals surface area (Å²) in [4.78, 5) is 11.2. The van der Waals surface area contributed by atoms with Gasteiger partial charge in [0.1, 0.15) is 0 Å². The van der Waals surface area contributed by atoms with Crippen LogP contribution in [0, 0.1) is 0 Å². The van der Waals surface area contributed by atoms with Gasteiger partial charge in [0, 0.05) is 29.8 Å². The van der Waals surface area contributed by atoms with Gasteiger partial charge in [-0.25, -0.2) is 4.79 Å². The zero-order valence-corrected chi connectivity index (χ0v) is 10.6. The number of carboxylic acids is 1. The largest absolute Gasteiger partial charge is 0.478 e. The molecule has 0 bridgehead atoms. The van der Waals surface area contributed by atoms with Gasteiger partial charge >= 0.3 is 5.97 Å². The number of nitrogens with one attached hydrogen (secondary N) is 1. The van der Waals surface area contributed by atoms with Crippen LogP contribution in [0.5, 0.6) is 0 Å². The SMILES string of the molecule is CC(Cn1cccn1)Nc1ccc(N)cc1C(=O)O. The van der Waals surface area contributed by atoms with Gasteiger partial charge in [-0.2, -0.15) is 5.10 Å². The van der Waals surface area contributed by atoms with Crippen LogP contribution in [0.1, 0.15) is 17.3 Å². The van der Waals surface area contributed by atoms with Crippen LogP contribution in [0.3, 0.4) is 0 Å². The van der Waals surface area contributed by atoms with E-state index in [2.05, 4.69) is 10.4 Å². The first-order valence-corrected chi connectivity index (χ1v) is 5.93. The van der Waals surface area contributed by atoms with E-state index in [9.17, 15) is 4.79 Å². The number of nitrogens with zero attached hydrogens (tertiary/aromatic N) is 2. The maximum atomic E-state index is 11.2. The molecule has 1 aromatic carbocycles. The third-order valence-corrected chi connectivity index (χ3v) is 2.70. The van der Waals surface area contributed by atoms with Gasteiger partial charge in [0.2, 0.25) is 0 Å². The van der Waals surface area contributed by atoms with Crippen LogP contribution in [0.4, 0.5) is 11.4 Å². The Morgan fingerprint density at radius 1 is 1.58 bits per heavy atom. The standard InChI is InChI=1S/C13H16N4O2/c1-9(8-17-6-2-5-15-17)16-12-4-3-10(14)7-11(12)13(18)19/h2-7,9,16H,8,14H2,1H3,(H,18,19). The van der Waals surface area contributed by atoms with Gasteiger partial charge in [-0.1, -0.05) is 0 Å². The zero-order valence-electron chi connectivity index (χ0n) is 10.6. The Morgan fingerprint density at radius 3 is 3.00 bits per heavy atom. The Balaban J connectivity index is 2.12. The highest BCUT2D eigenvalue weighted by molar-refractivity contribution is 5.95. The first-order chi connectivity index (χ1) is 9.06. The number of nitrogens with two attached hydrogens (primary N) is 1. The van der Waals surface area contributed by atoms with Crippen LogP contribution in [0.15, 0.2) is 36.7 Å². The van der Waals surface area contributed by atoms with Gasteiger partial charge in [-0.3, -0.25) is 4.68 Å². The Bertz CT molecular complexity index is 566. The summed E-state index contributed by atoms with van der Waals surface area (Å²) in [6.07, 6.45) is 3.57. The van der Waals surface area contributed by atoms with Gasteiger partial charge < -0.3 is 16.2 Å². The minimum absolute atomic E-state index is 0.0432. The molecule has 1 unspecified atom stereocenters. The topological polar surface area (TPSA) is 93.2 Å². The second kappa shape index (κ2) is 5.43. The number of anilines is 2. The van der Waals surface area contributed by atoms with E-state index in [1.165, 1.54) is 6.07 Å². The molecule has 0 radical (unpaired) electrons. The number of carboxylic acid groups (broad SMARTS) is 1. The molecule has 0 spiro atoms. The number of aromatic nitrogens is 2. The van der Waals surface area contributed by atoms with E-state index < -0.39 is 5.97 Å². The van der Waals surface area contributed by atoms with Crippen molar-refractivity contribution >= 4 is 17.3 Å². The molecule has 0 fully saturated rings. The Kier molecular flexibility index (Phi) is 3.70. The van der Waals surface area contributed by atoms with Crippen molar-refractivity contribution in [3.05, 3.63) is 42.2 Å². The summed E-state index contributed by atoms with van der Waals surface area (Å²) in [5, 5.41) is 16.4. The van der Waals surface area contributed by atoms with E-state index in [4.69, 9.17) is 10.8 Å².